The number of nitrogens with zero attached hydrogens (tertiary/aromatic N) is 3. The van der Waals surface area contributed by atoms with Crippen molar-refractivity contribution in [3.05, 3.63) is 157 Å². The molecule has 3 heterocycles. The van der Waals surface area contributed by atoms with Crippen LogP contribution in [0, 0.1) is 11.3 Å². The standard InChI is InChI=1S/C43H27N3O2/c44-26-28-15-19-41-36(21-28)34-13-7-8-14-40(34)46(41)33-17-20-42-37(25-33)35-18-16-31(24-43(35)48-27-47-42)32-22-38(29-9-3-1-4-10-29)45-39(23-32)30-11-5-2-6-12-30/h1-25H,27H2. The molecule has 48 heavy (non-hydrogen) atoms. The molecule has 9 rings (SSSR count). The van der Waals surface area contributed by atoms with Gasteiger partial charge in [0.1, 0.15) is 11.5 Å². The SMILES string of the molecule is N#Cc1ccc2c(c1)c1ccccc1n2-c1ccc2c(c1)-c1ccc(-c3cc(-c4ccccc4)nc(-c4ccccc4)c3)cc1OCO2. The first-order valence-electron chi connectivity index (χ1n) is 15.8. The third-order valence-corrected chi connectivity index (χ3v) is 9.02. The maximum absolute atomic E-state index is 9.58. The van der Waals surface area contributed by atoms with Crippen LogP contribution in [0.5, 0.6) is 11.5 Å². The summed E-state index contributed by atoms with van der Waals surface area (Å²) in [6.07, 6.45) is 0. The second-order valence-corrected chi connectivity index (χ2v) is 11.9. The van der Waals surface area contributed by atoms with Crippen LogP contribution in [0.3, 0.4) is 0 Å². The fourth-order valence-corrected chi connectivity index (χ4v) is 6.73. The zero-order valence-corrected chi connectivity index (χ0v) is 25.8. The Morgan fingerprint density at radius 3 is 1.96 bits per heavy atom. The number of fused-ring (bicyclic) bond motifs is 6. The van der Waals surface area contributed by atoms with E-state index >= 15 is 0 Å². The Morgan fingerprint density at radius 2 is 1.21 bits per heavy atom. The fraction of sp³-hybridized carbons (Fsp3) is 0.0233. The van der Waals surface area contributed by atoms with Crippen LogP contribution in [0.4, 0.5) is 0 Å². The average molecular weight is 618 g/mol. The number of hydrogen-bond acceptors (Lipinski definition) is 4. The zero-order valence-electron chi connectivity index (χ0n) is 25.8. The van der Waals surface area contributed by atoms with Crippen molar-refractivity contribution in [1.29, 1.82) is 5.26 Å². The lowest BCUT2D eigenvalue weighted by molar-refractivity contribution is 0.125. The van der Waals surface area contributed by atoms with Gasteiger partial charge in [-0.05, 0) is 77.9 Å². The van der Waals surface area contributed by atoms with Crippen molar-refractivity contribution in [2.24, 2.45) is 0 Å². The highest BCUT2D eigenvalue weighted by atomic mass is 16.7. The maximum atomic E-state index is 9.58. The Kier molecular flexibility index (Phi) is 6.51. The average Bonchev–Trinajstić information content (AvgIpc) is 3.37. The summed E-state index contributed by atoms with van der Waals surface area (Å²) in [6.45, 7) is 0.107. The molecule has 0 N–H and O–H groups in total. The van der Waals surface area contributed by atoms with Crippen molar-refractivity contribution in [2.75, 3.05) is 6.79 Å². The van der Waals surface area contributed by atoms with Gasteiger partial charge in [-0.1, -0.05) is 84.9 Å². The molecule has 0 atom stereocenters. The van der Waals surface area contributed by atoms with Crippen molar-refractivity contribution in [3.63, 3.8) is 0 Å². The van der Waals surface area contributed by atoms with E-state index in [2.05, 4.69) is 89.5 Å². The molecular formula is C43H27N3O2. The molecule has 5 nitrogen and oxygen atoms in total. The molecule has 6 aromatic carbocycles. The summed E-state index contributed by atoms with van der Waals surface area (Å²) < 4.78 is 14.6. The van der Waals surface area contributed by atoms with Crippen LogP contribution < -0.4 is 9.47 Å². The minimum atomic E-state index is 0.107. The molecule has 226 valence electrons. The van der Waals surface area contributed by atoms with Crippen LogP contribution in [0.2, 0.25) is 0 Å². The fourth-order valence-electron chi connectivity index (χ4n) is 6.73. The number of hydrogen-bond donors (Lipinski definition) is 0. The van der Waals surface area contributed by atoms with Crippen molar-refractivity contribution < 1.29 is 9.47 Å². The van der Waals surface area contributed by atoms with Gasteiger partial charge in [-0.2, -0.15) is 5.26 Å². The predicted molar refractivity (Wildman–Crippen MR) is 191 cm³/mol. The zero-order chi connectivity index (χ0) is 32.0. The van der Waals surface area contributed by atoms with E-state index in [1.807, 2.05) is 72.8 Å². The summed E-state index contributed by atoms with van der Waals surface area (Å²) in [7, 11) is 0. The third-order valence-electron chi connectivity index (χ3n) is 9.02. The van der Waals surface area contributed by atoms with Gasteiger partial charge in [0.15, 0.2) is 0 Å². The monoisotopic (exact) mass is 617 g/mol. The molecule has 0 saturated heterocycles. The van der Waals surface area contributed by atoms with Crippen LogP contribution >= 0.6 is 0 Å². The van der Waals surface area contributed by atoms with Gasteiger partial charge in [-0.15, -0.1) is 0 Å². The number of rotatable bonds is 4. The van der Waals surface area contributed by atoms with E-state index in [-0.39, 0.29) is 6.79 Å². The molecule has 0 amide bonds. The smallest absolute Gasteiger partial charge is 0.230 e. The van der Waals surface area contributed by atoms with Gasteiger partial charge in [0, 0.05) is 38.7 Å². The second-order valence-electron chi connectivity index (χ2n) is 11.9. The number of pyridine rings is 1. The molecule has 0 spiro atoms. The number of aromatic nitrogens is 2. The predicted octanol–water partition coefficient (Wildman–Crippen LogP) is 10.4. The normalized spacial score (nSPS) is 12.0. The van der Waals surface area contributed by atoms with Gasteiger partial charge in [-0.25, -0.2) is 4.98 Å². The Balaban J connectivity index is 1.18. The van der Waals surface area contributed by atoms with Crippen LogP contribution in [0.15, 0.2) is 152 Å². The van der Waals surface area contributed by atoms with Gasteiger partial charge >= 0.3 is 0 Å². The summed E-state index contributed by atoms with van der Waals surface area (Å²) in [5.74, 6) is 1.52. The first-order valence-corrected chi connectivity index (χ1v) is 15.8. The minimum absolute atomic E-state index is 0.107. The lowest BCUT2D eigenvalue weighted by Crippen LogP contribution is -2.03. The maximum Gasteiger partial charge on any atom is 0.230 e. The molecule has 0 fully saturated rings. The van der Waals surface area contributed by atoms with Gasteiger partial charge in [0.2, 0.25) is 6.79 Å². The summed E-state index contributed by atoms with van der Waals surface area (Å²) in [6, 6.07) is 53.9. The van der Waals surface area contributed by atoms with Crippen LogP contribution in [0.1, 0.15) is 5.56 Å². The quantitative estimate of drug-likeness (QED) is 0.197. The summed E-state index contributed by atoms with van der Waals surface area (Å²) in [4.78, 5) is 5.05. The number of ether oxygens (including phenoxy) is 2. The van der Waals surface area contributed by atoms with E-state index in [1.165, 1.54) is 0 Å². The van der Waals surface area contributed by atoms with E-state index in [1.54, 1.807) is 0 Å². The van der Waals surface area contributed by atoms with E-state index in [4.69, 9.17) is 14.5 Å². The van der Waals surface area contributed by atoms with Gasteiger partial charge in [0.25, 0.3) is 0 Å². The summed E-state index contributed by atoms with van der Waals surface area (Å²) in [5.41, 5.74) is 11.7. The lowest BCUT2D eigenvalue weighted by atomic mass is 9.96. The Morgan fingerprint density at radius 1 is 0.521 bits per heavy atom. The Bertz CT molecular complexity index is 2490. The number of nitriles is 1. The van der Waals surface area contributed by atoms with E-state index in [0.717, 1.165) is 83.8 Å². The van der Waals surface area contributed by atoms with Crippen LogP contribution in [-0.2, 0) is 0 Å². The molecule has 1 aliphatic rings. The van der Waals surface area contributed by atoms with E-state index in [9.17, 15) is 5.26 Å². The first-order chi connectivity index (χ1) is 23.7. The van der Waals surface area contributed by atoms with Crippen molar-refractivity contribution >= 4 is 21.8 Å². The first kappa shape index (κ1) is 27.7. The molecule has 0 bridgehead atoms. The van der Waals surface area contributed by atoms with Gasteiger partial charge < -0.3 is 14.0 Å². The highest BCUT2D eigenvalue weighted by Crippen LogP contribution is 2.43. The molecule has 0 radical (unpaired) electrons. The molecule has 0 unspecified atom stereocenters. The van der Waals surface area contributed by atoms with Crippen molar-refractivity contribution in [3.8, 4) is 68.0 Å². The van der Waals surface area contributed by atoms with E-state index in [0.29, 0.717) is 5.56 Å². The number of para-hydroxylation sites is 1. The summed E-state index contributed by atoms with van der Waals surface area (Å²) >= 11 is 0. The third kappa shape index (κ3) is 4.67. The second kappa shape index (κ2) is 11.3. The lowest BCUT2D eigenvalue weighted by Gasteiger charge is -2.14. The molecule has 1 aliphatic heterocycles. The van der Waals surface area contributed by atoms with Crippen LogP contribution in [-0.4, -0.2) is 16.3 Å². The Labute approximate surface area is 277 Å². The minimum Gasteiger partial charge on any atom is -0.457 e. The Hall–Kier alpha value is -6.64. The molecule has 2 aromatic heterocycles. The van der Waals surface area contributed by atoms with Crippen molar-refractivity contribution in [1.82, 2.24) is 9.55 Å². The molecule has 8 aromatic rings. The van der Waals surface area contributed by atoms with Crippen LogP contribution in [0.25, 0.3) is 72.3 Å². The number of benzene rings is 6. The van der Waals surface area contributed by atoms with Gasteiger partial charge in [-0.3, -0.25) is 0 Å². The van der Waals surface area contributed by atoms with Crippen molar-refractivity contribution in [2.45, 2.75) is 0 Å². The molecule has 0 saturated carbocycles. The van der Waals surface area contributed by atoms with E-state index < -0.39 is 0 Å². The molecular weight excluding hydrogens is 590 g/mol. The largest absolute Gasteiger partial charge is 0.457 e. The highest BCUT2D eigenvalue weighted by molar-refractivity contribution is 6.09. The molecule has 0 aliphatic carbocycles. The highest BCUT2D eigenvalue weighted by Gasteiger charge is 2.21. The molecule has 5 heteroatoms. The van der Waals surface area contributed by atoms with Gasteiger partial charge in [0.05, 0.1) is 34.1 Å². The summed E-state index contributed by atoms with van der Waals surface area (Å²) in [5, 5.41) is 11.7. The topological polar surface area (TPSA) is 60.1 Å².